The second-order valence-corrected chi connectivity index (χ2v) is 15.9. The Morgan fingerprint density at radius 1 is 0.357 bits per heavy atom. The van der Waals surface area contributed by atoms with Crippen molar-refractivity contribution in [3.05, 3.63) is 176 Å². The highest BCUT2D eigenvalue weighted by Crippen LogP contribution is 2.44. The molecule has 3 aromatic heterocycles. The molecule has 56 heavy (non-hydrogen) atoms. The second-order valence-electron chi connectivity index (χ2n) is 13.8. The van der Waals surface area contributed by atoms with E-state index in [1.165, 1.54) is 16.0 Å². The molecule has 0 atom stereocenters. The summed E-state index contributed by atoms with van der Waals surface area (Å²) in [5.74, 6) is 0.833. The molecule has 0 aliphatic rings. The normalized spacial score (nSPS) is 13.4. The molecule has 0 radical (unpaired) electrons. The summed E-state index contributed by atoms with van der Waals surface area (Å²) in [6.07, 6.45) is 0. The van der Waals surface area contributed by atoms with Crippen LogP contribution in [0.4, 0.5) is 0 Å². The van der Waals surface area contributed by atoms with Gasteiger partial charge in [-0.05, 0) is 79.8 Å². The smallest absolute Gasteiger partial charge is 0.164 e. The van der Waals surface area contributed by atoms with Crippen molar-refractivity contribution in [3.63, 3.8) is 0 Å². The van der Waals surface area contributed by atoms with Gasteiger partial charge >= 0.3 is 0 Å². The molecule has 0 fully saturated rings. The van der Waals surface area contributed by atoms with Gasteiger partial charge in [0, 0.05) is 57.0 Å². The first-order valence-electron chi connectivity index (χ1n) is 21.3. The molecular formula is C51H29N3S2. The van der Waals surface area contributed by atoms with E-state index in [0.29, 0.717) is 37.6 Å². The molecular weight excluding hydrogens is 719 g/mol. The van der Waals surface area contributed by atoms with Crippen LogP contribution in [-0.4, -0.2) is 15.0 Å². The molecule has 9 aromatic carbocycles. The number of nitrogens with zero attached hydrogens (tertiary/aromatic N) is 3. The Balaban J connectivity index is 1.11. The average Bonchev–Trinajstić information content (AvgIpc) is 3.90. The van der Waals surface area contributed by atoms with Gasteiger partial charge in [0.05, 0.1) is 8.22 Å². The third-order valence-electron chi connectivity index (χ3n) is 10.6. The summed E-state index contributed by atoms with van der Waals surface area (Å²) in [7, 11) is 0. The Morgan fingerprint density at radius 2 is 0.946 bits per heavy atom. The standard InChI is InChI=1S/C51H29N3S2/c1-2-11-30(12-3-1)49-52-50(32-23-26-46-44(28-32)40-17-8-9-20-45(40)55-46)54-51(53-49)33-22-25-41-42-19-10-18-34(48(42)56-47(41)29-33)31-21-24-39-37-15-5-4-13-35(37)36-14-6-7-16-38(36)43(39)27-31/h1-29H/i10D,18D,19D,22D,25D,29D. The quantitative estimate of drug-likeness (QED) is 0.168. The van der Waals surface area contributed by atoms with Crippen molar-refractivity contribution in [3.8, 4) is 45.3 Å². The number of fused-ring (bicyclic) bond motifs is 12. The van der Waals surface area contributed by atoms with E-state index in [-0.39, 0.29) is 53.0 Å². The van der Waals surface area contributed by atoms with Crippen LogP contribution >= 0.6 is 22.7 Å². The minimum absolute atomic E-state index is 0.0583. The molecule has 5 heteroatoms. The molecule has 0 saturated carbocycles. The SMILES string of the molecule is [2H]c1c([2H])c([2H])c2c(sc3c([2H])c(-c4nc(-c5ccccc5)nc(-c5ccc6sc7ccccc7c6c5)n4)c([2H])c([2H])c32)c1-c1ccc2c3ccccc3c3ccccc3c2c1. The zero-order valence-electron chi connectivity index (χ0n) is 35.4. The number of aromatic nitrogens is 3. The molecule has 0 amide bonds. The monoisotopic (exact) mass is 753 g/mol. The molecule has 0 unspecified atom stereocenters. The minimum Gasteiger partial charge on any atom is -0.208 e. The van der Waals surface area contributed by atoms with Crippen LogP contribution in [0.15, 0.2) is 176 Å². The van der Waals surface area contributed by atoms with E-state index in [1.54, 1.807) is 11.3 Å². The van der Waals surface area contributed by atoms with Gasteiger partial charge in [0.1, 0.15) is 0 Å². The molecule has 0 bridgehead atoms. The van der Waals surface area contributed by atoms with Gasteiger partial charge in [-0.2, -0.15) is 0 Å². The van der Waals surface area contributed by atoms with Crippen LogP contribution in [-0.2, 0) is 0 Å². The number of rotatable bonds is 4. The zero-order chi connectivity index (χ0) is 42.0. The van der Waals surface area contributed by atoms with Crippen molar-refractivity contribution in [2.45, 2.75) is 0 Å². The summed E-state index contributed by atoms with van der Waals surface area (Å²) >= 11 is 2.93. The van der Waals surface area contributed by atoms with Gasteiger partial charge in [-0.25, -0.2) is 15.0 Å². The lowest BCUT2D eigenvalue weighted by molar-refractivity contribution is 1.08. The predicted molar refractivity (Wildman–Crippen MR) is 240 cm³/mol. The van der Waals surface area contributed by atoms with Crippen molar-refractivity contribution in [1.29, 1.82) is 0 Å². The van der Waals surface area contributed by atoms with Crippen LogP contribution in [0.5, 0.6) is 0 Å². The highest BCUT2D eigenvalue weighted by Gasteiger charge is 2.17. The lowest BCUT2D eigenvalue weighted by atomic mass is 9.92. The van der Waals surface area contributed by atoms with Crippen LogP contribution in [0.3, 0.4) is 0 Å². The van der Waals surface area contributed by atoms with Crippen molar-refractivity contribution < 1.29 is 8.22 Å². The number of hydrogen-bond acceptors (Lipinski definition) is 5. The molecule has 0 aliphatic heterocycles. The molecule has 0 saturated heterocycles. The Morgan fingerprint density at radius 3 is 1.71 bits per heavy atom. The largest absolute Gasteiger partial charge is 0.208 e. The lowest BCUT2D eigenvalue weighted by Gasteiger charge is -2.12. The third-order valence-corrected chi connectivity index (χ3v) is 12.9. The summed E-state index contributed by atoms with van der Waals surface area (Å²) in [5.41, 5.74) is 2.71. The highest BCUT2D eigenvalue weighted by molar-refractivity contribution is 7.26. The topological polar surface area (TPSA) is 38.7 Å². The highest BCUT2D eigenvalue weighted by atomic mass is 32.1. The lowest BCUT2D eigenvalue weighted by Crippen LogP contribution is -2.00. The average molecular weight is 754 g/mol. The fourth-order valence-electron chi connectivity index (χ4n) is 7.99. The Labute approximate surface area is 338 Å². The Bertz CT molecular complexity index is 3870. The first kappa shape index (κ1) is 26.1. The van der Waals surface area contributed by atoms with Crippen molar-refractivity contribution in [2.24, 2.45) is 0 Å². The van der Waals surface area contributed by atoms with Gasteiger partial charge in [-0.15, -0.1) is 22.7 Å². The van der Waals surface area contributed by atoms with Gasteiger partial charge in [0.2, 0.25) is 0 Å². The van der Waals surface area contributed by atoms with Gasteiger partial charge < -0.3 is 0 Å². The van der Waals surface area contributed by atoms with Crippen molar-refractivity contribution >= 4 is 95.3 Å². The summed E-state index contributed by atoms with van der Waals surface area (Å²) < 4.78 is 59.4. The van der Waals surface area contributed by atoms with Crippen LogP contribution in [0.1, 0.15) is 8.22 Å². The van der Waals surface area contributed by atoms with E-state index in [2.05, 4.69) is 60.7 Å². The molecule has 12 rings (SSSR count). The van der Waals surface area contributed by atoms with Crippen molar-refractivity contribution in [2.75, 3.05) is 0 Å². The first-order chi connectivity index (χ1) is 30.2. The maximum atomic E-state index is 9.76. The fourth-order valence-corrected chi connectivity index (χ4v) is 10.2. The Hall–Kier alpha value is -6.79. The summed E-state index contributed by atoms with van der Waals surface area (Å²) in [6, 6.07) is 45.5. The van der Waals surface area contributed by atoms with Crippen LogP contribution in [0, 0.1) is 0 Å². The molecule has 0 aliphatic carbocycles. The zero-order valence-corrected chi connectivity index (χ0v) is 31.1. The summed E-state index contributed by atoms with van der Waals surface area (Å²) in [4.78, 5) is 14.8. The molecule has 3 heterocycles. The van der Waals surface area contributed by atoms with Gasteiger partial charge in [0.25, 0.3) is 0 Å². The van der Waals surface area contributed by atoms with E-state index >= 15 is 0 Å². The number of benzene rings is 9. The number of hydrogen-bond donors (Lipinski definition) is 0. The maximum Gasteiger partial charge on any atom is 0.164 e. The van der Waals surface area contributed by atoms with E-state index < -0.39 is 0 Å². The molecule has 0 N–H and O–H groups in total. The summed E-state index contributed by atoms with van der Waals surface area (Å²) in [5, 5.41) is 9.23. The van der Waals surface area contributed by atoms with E-state index in [9.17, 15) is 6.85 Å². The Kier molecular flexibility index (Phi) is 5.76. The molecule has 12 aromatic rings. The van der Waals surface area contributed by atoms with Crippen LogP contribution < -0.4 is 0 Å². The molecule has 3 nitrogen and oxygen atoms in total. The summed E-state index contributed by atoms with van der Waals surface area (Å²) in [6.45, 7) is 0. The second kappa shape index (κ2) is 12.4. The van der Waals surface area contributed by atoms with Crippen LogP contribution in [0.25, 0.3) is 118 Å². The van der Waals surface area contributed by atoms with Crippen LogP contribution in [0.2, 0.25) is 0 Å². The fraction of sp³-hybridized carbons (Fsp3) is 0. The third kappa shape index (κ3) is 4.92. The number of thiophene rings is 2. The predicted octanol–water partition coefficient (Wildman–Crippen LogP) is 14.7. The van der Waals surface area contributed by atoms with E-state index in [4.69, 9.17) is 16.3 Å². The molecule has 260 valence electrons. The van der Waals surface area contributed by atoms with Crippen molar-refractivity contribution in [1.82, 2.24) is 15.0 Å². The van der Waals surface area contributed by atoms with Gasteiger partial charge in [0.15, 0.2) is 17.5 Å². The van der Waals surface area contributed by atoms with Gasteiger partial charge in [-0.3, -0.25) is 0 Å². The first-order valence-corrected chi connectivity index (χ1v) is 19.9. The maximum absolute atomic E-state index is 9.76. The van der Waals surface area contributed by atoms with Gasteiger partial charge in [-0.1, -0.05) is 139 Å². The van der Waals surface area contributed by atoms with E-state index in [1.807, 2.05) is 78.9 Å². The minimum atomic E-state index is -0.276. The van der Waals surface area contributed by atoms with E-state index in [0.717, 1.165) is 58.9 Å². The molecule has 0 spiro atoms.